The van der Waals surface area contributed by atoms with Crippen LogP contribution in [0.25, 0.3) is 0 Å². The van der Waals surface area contributed by atoms with Crippen LogP contribution < -0.4 is 0 Å². The molecule has 0 saturated heterocycles. The van der Waals surface area contributed by atoms with E-state index in [1.165, 1.54) is 0 Å². The maximum atomic E-state index is 11.6. The van der Waals surface area contributed by atoms with Crippen molar-refractivity contribution in [2.45, 2.75) is 0 Å². The Labute approximate surface area is 142 Å². The van der Waals surface area contributed by atoms with Gasteiger partial charge in [0.2, 0.25) is 0 Å². The Bertz CT molecular complexity index is 782. The lowest BCUT2D eigenvalue weighted by molar-refractivity contribution is -0.0583. The van der Waals surface area contributed by atoms with Crippen LogP contribution in [0.3, 0.4) is 0 Å². The molecule has 24 heavy (non-hydrogen) atoms. The average molecular weight is 372 g/mol. The molecule has 8 bridgehead atoms. The van der Waals surface area contributed by atoms with E-state index >= 15 is 0 Å². The van der Waals surface area contributed by atoms with Gasteiger partial charge in [0, 0.05) is 10.8 Å². The third kappa shape index (κ3) is 1.51. The molecule has 4 saturated carbocycles. The van der Waals surface area contributed by atoms with E-state index in [9.17, 15) is 16.8 Å². The van der Waals surface area contributed by atoms with Crippen LogP contribution in [-0.4, -0.2) is 42.6 Å². The normalized spacial score (nSPS) is 52.2. The highest BCUT2D eigenvalue weighted by atomic mass is 32.2. The van der Waals surface area contributed by atoms with Gasteiger partial charge in [-0.05, 0) is 35.5 Å². The molecule has 0 radical (unpaired) electrons. The summed E-state index contributed by atoms with van der Waals surface area (Å²) >= 11 is 0. The predicted molar refractivity (Wildman–Crippen MR) is 85.7 cm³/mol. The highest BCUT2D eigenvalue weighted by Crippen LogP contribution is 2.89. The average Bonchev–Trinajstić information content (AvgIpc) is 3.20. The van der Waals surface area contributed by atoms with E-state index in [4.69, 9.17) is 8.37 Å². The van der Waals surface area contributed by atoms with E-state index in [1.54, 1.807) is 0 Å². The largest absolute Gasteiger partial charge is 0.270 e. The van der Waals surface area contributed by atoms with Gasteiger partial charge in [-0.25, -0.2) is 0 Å². The fraction of sp³-hybridized carbons (Fsp3) is 0.750. The molecule has 0 aromatic heterocycles. The second-order valence-corrected chi connectivity index (χ2v) is 11.3. The van der Waals surface area contributed by atoms with Crippen molar-refractivity contribution in [3.05, 3.63) is 24.3 Å². The molecular weight excluding hydrogens is 352 g/mol. The van der Waals surface area contributed by atoms with Gasteiger partial charge in [-0.15, -0.1) is 0 Å². The fourth-order valence-corrected chi connectivity index (χ4v) is 8.02. The van der Waals surface area contributed by atoms with Crippen LogP contribution in [-0.2, 0) is 28.6 Å². The first-order chi connectivity index (χ1) is 11.1. The number of hydrogen-bond acceptors (Lipinski definition) is 6. The summed E-state index contributed by atoms with van der Waals surface area (Å²) in [5.41, 5.74) is -0.732. The van der Waals surface area contributed by atoms with Crippen LogP contribution in [0.4, 0.5) is 0 Å². The van der Waals surface area contributed by atoms with Gasteiger partial charge in [0.15, 0.2) is 0 Å². The SMILES string of the molecule is CS(=O)(=O)OCC12[C@@H]3C=C[C@H]4C3C3[C@@H]1C=C[C@@H]3C42COS(C)(=O)=O. The molecule has 6 nitrogen and oxygen atoms in total. The molecule has 6 aliphatic rings. The van der Waals surface area contributed by atoms with Crippen LogP contribution in [0.1, 0.15) is 0 Å². The summed E-state index contributed by atoms with van der Waals surface area (Å²) in [4.78, 5) is 0. The quantitative estimate of drug-likeness (QED) is 0.506. The molecule has 132 valence electrons. The Morgan fingerprint density at radius 3 is 1.25 bits per heavy atom. The topological polar surface area (TPSA) is 86.7 Å². The summed E-state index contributed by atoms with van der Waals surface area (Å²) in [6.45, 7) is 0.228. The molecule has 4 fully saturated rings. The highest BCUT2D eigenvalue weighted by molar-refractivity contribution is 7.86. The minimum Gasteiger partial charge on any atom is -0.270 e. The molecule has 0 spiro atoms. The van der Waals surface area contributed by atoms with E-state index in [1.807, 2.05) is 0 Å². The molecule has 0 N–H and O–H groups in total. The third-order valence-electron chi connectivity index (χ3n) is 7.42. The lowest BCUT2D eigenvalue weighted by atomic mass is 9.54. The van der Waals surface area contributed by atoms with Crippen molar-refractivity contribution >= 4 is 20.2 Å². The Morgan fingerprint density at radius 1 is 0.708 bits per heavy atom. The summed E-state index contributed by atoms with van der Waals surface area (Å²) in [6, 6.07) is 0. The molecule has 6 aliphatic carbocycles. The maximum absolute atomic E-state index is 11.6. The van der Waals surface area contributed by atoms with Gasteiger partial charge in [-0.3, -0.25) is 8.37 Å². The standard InChI is InChI=1S/C16H20O6S2/c1-23(17,18)21-7-15-9-3-5-11-13(9)14-10(15)4-6-12(14)16(11,15)8-22-24(2,19)20/h3-6,9-14H,7-8H2,1-2H3/t9-,10-,11-,12+,13?,14?,15?,16?/m0/s1. The minimum absolute atomic E-state index is 0.114. The zero-order valence-corrected chi connectivity index (χ0v) is 15.1. The predicted octanol–water partition coefficient (Wildman–Crippen LogP) is 0.789. The van der Waals surface area contributed by atoms with Gasteiger partial charge in [0.1, 0.15) is 0 Å². The van der Waals surface area contributed by atoms with E-state index < -0.39 is 20.2 Å². The molecular formula is C16H20O6S2. The first kappa shape index (κ1) is 15.5. The molecule has 0 amide bonds. The summed E-state index contributed by atoms with van der Waals surface area (Å²) in [6.07, 6.45) is 10.9. The first-order valence-electron chi connectivity index (χ1n) is 8.17. The molecule has 0 aromatic carbocycles. The maximum Gasteiger partial charge on any atom is 0.264 e. The van der Waals surface area contributed by atoms with E-state index in [0.29, 0.717) is 11.8 Å². The Kier molecular flexibility index (Phi) is 2.70. The van der Waals surface area contributed by atoms with Gasteiger partial charge in [0.25, 0.3) is 20.2 Å². The number of rotatable bonds is 6. The van der Waals surface area contributed by atoms with E-state index in [2.05, 4.69) is 24.3 Å². The molecule has 6 rings (SSSR count). The van der Waals surface area contributed by atoms with Crippen molar-refractivity contribution in [1.82, 2.24) is 0 Å². The smallest absolute Gasteiger partial charge is 0.264 e. The van der Waals surface area contributed by atoms with Crippen molar-refractivity contribution < 1.29 is 25.2 Å². The molecule has 4 unspecified atom stereocenters. The summed E-state index contributed by atoms with van der Waals surface area (Å²) in [7, 11) is -7.11. The summed E-state index contributed by atoms with van der Waals surface area (Å²) in [5.74, 6) is 1.93. The van der Waals surface area contributed by atoms with Gasteiger partial charge in [-0.1, -0.05) is 24.3 Å². The van der Waals surface area contributed by atoms with Crippen LogP contribution >= 0.6 is 0 Å². The van der Waals surface area contributed by atoms with Crippen LogP contribution in [0.15, 0.2) is 24.3 Å². The first-order valence-corrected chi connectivity index (χ1v) is 11.8. The number of allylic oxidation sites excluding steroid dienone is 4. The van der Waals surface area contributed by atoms with Crippen LogP contribution in [0, 0.1) is 46.3 Å². The highest BCUT2D eigenvalue weighted by Gasteiger charge is 2.88. The van der Waals surface area contributed by atoms with Gasteiger partial charge >= 0.3 is 0 Å². The van der Waals surface area contributed by atoms with Gasteiger partial charge < -0.3 is 0 Å². The zero-order chi connectivity index (χ0) is 17.1. The van der Waals surface area contributed by atoms with Crippen LogP contribution in [0.2, 0.25) is 0 Å². The monoisotopic (exact) mass is 372 g/mol. The minimum atomic E-state index is -3.56. The third-order valence-corrected chi connectivity index (χ3v) is 8.52. The van der Waals surface area contributed by atoms with Crippen molar-refractivity contribution in [3.8, 4) is 0 Å². The van der Waals surface area contributed by atoms with Crippen molar-refractivity contribution in [2.24, 2.45) is 46.3 Å². The van der Waals surface area contributed by atoms with Gasteiger partial charge in [0.05, 0.1) is 25.7 Å². The lowest BCUT2D eigenvalue weighted by Crippen LogP contribution is -2.54. The Hall–Kier alpha value is -0.700. The number of hydrogen-bond donors (Lipinski definition) is 0. The second kappa shape index (κ2) is 4.16. The fourth-order valence-electron chi connectivity index (χ4n) is 7.21. The zero-order valence-electron chi connectivity index (χ0n) is 13.5. The second-order valence-electron chi connectivity index (χ2n) is 8.04. The Balaban J connectivity index is 1.61. The molecule has 0 aliphatic heterocycles. The van der Waals surface area contributed by atoms with Crippen molar-refractivity contribution in [1.29, 1.82) is 0 Å². The van der Waals surface area contributed by atoms with Crippen LogP contribution in [0.5, 0.6) is 0 Å². The summed E-state index contributed by atoms with van der Waals surface area (Å²) in [5, 5.41) is 0. The van der Waals surface area contributed by atoms with Crippen molar-refractivity contribution in [3.63, 3.8) is 0 Å². The molecule has 0 aromatic rings. The summed E-state index contributed by atoms with van der Waals surface area (Å²) < 4.78 is 57.1. The molecule has 0 heterocycles. The Morgan fingerprint density at radius 2 is 1.00 bits per heavy atom. The van der Waals surface area contributed by atoms with Gasteiger partial charge in [-0.2, -0.15) is 16.8 Å². The van der Waals surface area contributed by atoms with E-state index in [0.717, 1.165) is 12.5 Å². The molecule has 8 atom stereocenters. The van der Waals surface area contributed by atoms with Crippen molar-refractivity contribution in [2.75, 3.05) is 25.7 Å². The van der Waals surface area contributed by atoms with E-state index in [-0.39, 0.29) is 47.7 Å². The molecule has 8 heteroatoms. The lowest BCUT2D eigenvalue weighted by Gasteiger charge is -2.52.